The quantitative estimate of drug-likeness (QED) is 0.901. The molecule has 0 radical (unpaired) electrons. The van der Waals surface area contributed by atoms with Crippen molar-refractivity contribution in [1.29, 1.82) is 5.26 Å². The maximum absolute atomic E-state index is 11.2. The molecule has 0 aliphatic carbocycles. The van der Waals surface area contributed by atoms with E-state index in [0.29, 0.717) is 12.0 Å². The molecule has 0 unspecified atom stereocenters. The lowest BCUT2D eigenvalue weighted by Gasteiger charge is -2.45. The number of rotatable bonds is 3. The van der Waals surface area contributed by atoms with E-state index in [1.54, 1.807) is 6.07 Å². The molecular formula is C16H23N3O. The summed E-state index contributed by atoms with van der Waals surface area (Å²) >= 11 is 0. The zero-order valence-electron chi connectivity index (χ0n) is 12.5. The number of benzene rings is 1. The Kier molecular flexibility index (Phi) is 4.44. The van der Waals surface area contributed by atoms with Gasteiger partial charge >= 0.3 is 0 Å². The van der Waals surface area contributed by atoms with Crippen LogP contribution in [0.15, 0.2) is 24.3 Å². The molecule has 1 aliphatic heterocycles. The Hall–Kier alpha value is -1.41. The maximum Gasteiger partial charge on any atom is 0.0991 e. The highest BCUT2D eigenvalue weighted by atomic mass is 16.3. The lowest BCUT2D eigenvalue weighted by Crippen LogP contribution is -2.52. The van der Waals surface area contributed by atoms with Crippen LogP contribution < -0.4 is 0 Å². The first kappa shape index (κ1) is 15.0. The lowest BCUT2D eigenvalue weighted by atomic mass is 9.75. The van der Waals surface area contributed by atoms with E-state index in [1.165, 1.54) is 0 Å². The number of nitriles is 1. The summed E-state index contributed by atoms with van der Waals surface area (Å²) in [7, 11) is 6.15. The molecule has 0 saturated carbocycles. The fourth-order valence-corrected chi connectivity index (χ4v) is 3.07. The number of aliphatic hydroxyl groups is 1. The molecule has 1 saturated heterocycles. The molecule has 1 N–H and O–H groups in total. The molecule has 0 bridgehead atoms. The highest BCUT2D eigenvalue weighted by Crippen LogP contribution is 2.37. The highest BCUT2D eigenvalue weighted by molar-refractivity contribution is 5.36. The highest BCUT2D eigenvalue weighted by Gasteiger charge is 2.42. The van der Waals surface area contributed by atoms with Crippen LogP contribution in [-0.2, 0) is 5.60 Å². The first-order valence-corrected chi connectivity index (χ1v) is 7.02. The van der Waals surface area contributed by atoms with Crippen molar-refractivity contribution in [3.63, 3.8) is 0 Å². The molecule has 108 valence electrons. The molecule has 0 aromatic heterocycles. The smallest absolute Gasteiger partial charge is 0.0991 e. The molecule has 1 aromatic rings. The van der Waals surface area contributed by atoms with E-state index in [2.05, 4.69) is 22.9 Å². The Balaban J connectivity index is 2.35. The number of hydrogen-bond acceptors (Lipinski definition) is 4. The SMILES string of the molecule is CN(C)C[C@@H]1CN(C)CC[C@]1(O)c1cccc(C#N)c1. The predicted molar refractivity (Wildman–Crippen MR) is 79.2 cm³/mol. The Morgan fingerprint density at radius 2 is 2.25 bits per heavy atom. The second-order valence-electron chi connectivity index (χ2n) is 6.09. The Morgan fingerprint density at radius 3 is 2.90 bits per heavy atom. The van der Waals surface area contributed by atoms with Crippen LogP contribution in [0, 0.1) is 17.2 Å². The lowest BCUT2D eigenvalue weighted by molar-refractivity contribution is -0.0798. The zero-order valence-corrected chi connectivity index (χ0v) is 12.5. The van der Waals surface area contributed by atoms with Crippen molar-refractivity contribution in [1.82, 2.24) is 9.80 Å². The van der Waals surface area contributed by atoms with Gasteiger partial charge in [0.1, 0.15) is 0 Å². The summed E-state index contributed by atoms with van der Waals surface area (Å²) in [6.45, 7) is 2.57. The van der Waals surface area contributed by atoms with E-state index in [0.717, 1.165) is 25.2 Å². The van der Waals surface area contributed by atoms with Crippen molar-refractivity contribution in [3.8, 4) is 6.07 Å². The third kappa shape index (κ3) is 3.01. The predicted octanol–water partition coefficient (Wildman–Crippen LogP) is 1.26. The van der Waals surface area contributed by atoms with Gasteiger partial charge in [-0.15, -0.1) is 0 Å². The van der Waals surface area contributed by atoms with Crippen LogP contribution in [0.3, 0.4) is 0 Å². The van der Waals surface area contributed by atoms with Crippen LogP contribution in [0.5, 0.6) is 0 Å². The van der Waals surface area contributed by atoms with E-state index in [1.807, 2.05) is 32.3 Å². The van der Waals surface area contributed by atoms with Crippen LogP contribution in [-0.4, -0.2) is 55.7 Å². The topological polar surface area (TPSA) is 50.5 Å². The fourth-order valence-electron chi connectivity index (χ4n) is 3.07. The minimum atomic E-state index is -0.844. The van der Waals surface area contributed by atoms with Gasteiger partial charge in [-0.3, -0.25) is 0 Å². The third-order valence-electron chi connectivity index (χ3n) is 4.16. The number of hydrogen-bond donors (Lipinski definition) is 1. The van der Waals surface area contributed by atoms with Crippen LogP contribution >= 0.6 is 0 Å². The van der Waals surface area contributed by atoms with Gasteiger partial charge in [-0.1, -0.05) is 12.1 Å². The molecule has 1 fully saturated rings. The van der Waals surface area contributed by atoms with Crippen LogP contribution in [0.2, 0.25) is 0 Å². The van der Waals surface area contributed by atoms with Gasteiger partial charge in [0.2, 0.25) is 0 Å². The summed E-state index contributed by atoms with van der Waals surface area (Å²) < 4.78 is 0. The van der Waals surface area contributed by atoms with Crippen molar-refractivity contribution < 1.29 is 5.11 Å². The number of likely N-dealkylation sites (tertiary alicyclic amines) is 1. The molecular weight excluding hydrogens is 250 g/mol. The first-order chi connectivity index (χ1) is 9.45. The molecule has 4 heteroatoms. The molecule has 4 nitrogen and oxygen atoms in total. The van der Waals surface area contributed by atoms with E-state index in [9.17, 15) is 5.11 Å². The zero-order chi connectivity index (χ0) is 14.8. The summed E-state index contributed by atoms with van der Waals surface area (Å²) in [5.41, 5.74) is 0.638. The molecule has 2 atom stereocenters. The molecule has 20 heavy (non-hydrogen) atoms. The van der Waals surface area contributed by atoms with Gasteiger partial charge in [-0.25, -0.2) is 0 Å². The van der Waals surface area contributed by atoms with Gasteiger partial charge in [0, 0.05) is 25.6 Å². The summed E-state index contributed by atoms with van der Waals surface area (Å²) in [6.07, 6.45) is 0.705. The maximum atomic E-state index is 11.2. The Bertz CT molecular complexity index is 507. The molecule has 1 heterocycles. The molecule has 1 aromatic carbocycles. The standard InChI is InChI=1S/C16H23N3O/c1-18(2)11-15-12-19(3)8-7-16(15,20)14-6-4-5-13(9-14)10-17/h4-6,9,15,20H,7-8,11-12H2,1-3H3/t15-,16+/m1/s1. The summed E-state index contributed by atoms with van der Waals surface area (Å²) in [5, 5.41) is 20.3. The molecule has 0 amide bonds. The summed E-state index contributed by atoms with van der Waals surface area (Å²) in [6, 6.07) is 9.56. The van der Waals surface area contributed by atoms with Crippen LogP contribution in [0.4, 0.5) is 0 Å². The normalized spacial score (nSPS) is 27.5. The molecule has 2 rings (SSSR count). The van der Waals surface area contributed by atoms with Crippen molar-refractivity contribution in [3.05, 3.63) is 35.4 Å². The van der Waals surface area contributed by atoms with Crippen LogP contribution in [0.25, 0.3) is 0 Å². The summed E-state index contributed by atoms with van der Waals surface area (Å²) in [4.78, 5) is 4.37. The average molecular weight is 273 g/mol. The van der Waals surface area contributed by atoms with Gasteiger partial charge in [0.15, 0.2) is 0 Å². The van der Waals surface area contributed by atoms with Crippen molar-refractivity contribution in [2.24, 2.45) is 5.92 Å². The van der Waals surface area contributed by atoms with Gasteiger partial charge in [0.05, 0.1) is 17.2 Å². The Labute approximate surface area is 121 Å². The van der Waals surface area contributed by atoms with E-state index in [4.69, 9.17) is 5.26 Å². The van der Waals surface area contributed by atoms with Gasteiger partial charge in [-0.05, 0) is 45.3 Å². The third-order valence-corrected chi connectivity index (χ3v) is 4.16. The minimum absolute atomic E-state index is 0.144. The second-order valence-corrected chi connectivity index (χ2v) is 6.09. The largest absolute Gasteiger partial charge is 0.385 e. The average Bonchev–Trinajstić information content (AvgIpc) is 2.42. The van der Waals surface area contributed by atoms with E-state index < -0.39 is 5.60 Å². The first-order valence-electron chi connectivity index (χ1n) is 7.02. The monoisotopic (exact) mass is 273 g/mol. The molecule has 1 aliphatic rings. The van der Waals surface area contributed by atoms with Crippen LogP contribution in [0.1, 0.15) is 17.5 Å². The molecule has 0 spiro atoms. The van der Waals surface area contributed by atoms with E-state index >= 15 is 0 Å². The second kappa shape index (κ2) is 5.92. The van der Waals surface area contributed by atoms with Crippen molar-refractivity contribution in [2.75, 3.05) is 40.8 Å². The van der Waals surface area contributed by atoms with Crippen molar-refractivity contribution in [2.45, 2.75) is 12.0 Å². The number of nitrogens with zero attached hydrogens (tertiary/aromatic N) is 3. The van der Waals surface area contributed by atoms with E-state index in [-0.39, 0.29) is 5.92 Å². The van der Waals surface area contributed by atoms with Gasteiger partial charge in [0.25, 0.3) is 0 Å². The summed E-state index contributed by atoms with van der Waals surface area (Å²) in [5.74, 6) is 0.144. The van der Waals surface area contributed by atoms with Crippen molar-refractivity contribution >= 4 is 0 Å². The minimum Gasteiger partial charge on any atom is -0.385 e. The number of piperidine rings is 1. The Morgan fingerprint density at radius 1 is 1.50 bits per heavy atom. The fraction of sp³-hybridized carbons (Fsp3) is 0.562. The van der Waals surface area contributed by atoms with Gasteiger partial charge in [-0.2, -0.15) is 5.26 Å². The van der Waals surface area contributed by atoms with Gasteiger partial charge < -0.3 is 14.9 Å².